The number of benzene rings is 2. The van der Waals surface area contributed by atoms with E-state index >= 15 is 0 Å². The van der Waals surface area contributed by atoms with Gasteiger partial charge in [-0.3, -0.25) is 4.79 Å². The smallest absolute Gasteiger partial charge is 0.253 e. The summed E-state index contributed by atoms with van der Waals surface area (Å²) in [5.41, 5.74) is 0.845. The van der Waals surface area contributed by atoms with Crippen LogP contribution in [0, 0.1) is 11.3 Å². The van der Waals surface area contributed by atoms with Crippen molar-refractivity contribution < 1.29 is 9.90 Å². The molecule has 3 rings (SSSR count). The van der Waals surface area contributed by atoms with Crippen molar-refractivity contribution in [3.8, 4) is 6.07 Å². The van der Waals surface area contributed by atoms with Crippen molar-refractivity contribution in [2.45, 2.75) is 18.1 Å². The Kier molecular flexibility index (Phi) is 5.08. The first-order valence-corrected chi connectivity index (χ1v) is 8.69. The Morgan fingerprint density at radius 3 is 2.62 bits per heavy atom. The van der Waals surface area contributed by atoms with Crippen LogP contribution in [0.3, 0.4) is 0 Å². The van der Waals surface area contributed by atoms with Gasteiger partial charge in [-0.1, -0.05) is 36.4 Å². The fourth-order valence-corrected chi connectivity index (χ4v) is 3.67. The number of carbonyl (C=O) groups is 1. The van der Waals surface area contributed by atoms with Gasteiger partial charge in [0.1, 0.15) is 5.60 Å². The van der Waals surface area contributed by atoms with Gasteiger partial charge in [0, 0.05) is 18.7 Å². The molecule has 1 amide bonds. The van der Waals surface area contributed by atoms with Crippen LogP contribution in [0.1, 0.15) is 27.9 Å². The van der Waals surface area contributed by atoms with E-state index in [0.717, 1.165) is 5.56 Å². The minimum absolute atomic E-state index is 0.107. The number of hydrogen-bond acceptors (Lipinski definition) is 4. The lowest BCUT2D eigenvalue weighted by Crippen LogP contribution is -2.60. The molecule has 1 aliphatic heterocycles. The van der Waals surface area contributed by atoms with Gasteiger partial charge in [-0.2, -0.15) is 5.26 Å². The predicted octanol–water partition coefficient (Wildman–Crippen LogP) is 2.22. The molecular formula is C21H23N3O2. The van der Waals surface area contributed by atoms with Crippen molar-refractivity contribution in [3.05, 3.63) is 71.3 Å². The Hall–Kier alpha value is -2.68. The third kappa shape index (κ3) is 3.34. The lowest BCUT2D eigenvalue weighted by atomic mass is 9.79. The third-order valence-corrected chi connectivity index (χ3v) is 5.13. The molecule has 1 heterocycles. The highest BCUT2D eigenvalue weighted by molar-refractivity contribution is 5.94. The highest BCUT2D eigenvalue weighted by atomic mass is 16.3. The van der Waals surface area contributed by atoms with E-state index < -0.39 is 5.60 Å². The second-order valence-electron chi connectivity index (χ2n) is 6.96. The van der Waals surface area contributed by atoms with E-state index in [-0.39, 0.29) is 11.9 Å². The Bertz CT molecular complexity index is 829. The van der Waals surface area contributed by atoms with Gasteiger partial charge in [-0.05, 0) is 44.3 Å². The molecule has 26 heavy (non-hydrogen) atoms. The molecule has 0 unspecified atom stereocenters. The van der Waals surface area contributed by atoms with Gasteiger partial charge in [0.05, 0.1) is 17.7 Å². The van der Waals surface area contributed by atoms with Gasteiger partial charge in [0.15, 0.2) is 0 Å². The predicted molar refractivity (Wildman–Crippen MR) is 99.5 cm³/mol. The molecule has 5 heteroatoms. The van der Waals surface area contributed by atoms with Crippen LogP contribution in [0.5, 0.6) is 0 Å². The fraction of sp³-hybridized carbons (Fsp3) is 0.333. The van der Waals surface area contributed by atoms with Crippen LogP contribution in [0.2, 0.25) is 0 Å². The number of amides is 1. The summed E-state index contributed by atoms with van der Waals surface area (Å²) in [6.45, 7) is 0.888. The van der Waals surface area contributed by atoms with Crippen molar-refractivity contribution in [1.82, 2.24) is 9.80 Å². The molecule has 1 aliphatic rings. The second-order valence-corrected chi connectivity index (χ2v) is 6.96. The van der Waals surface area contributed by atoms with E-state index in [1.807, 2.05) is 49.3 Å². The van der Waals surface area contributed by atoms with Crippen molar-refractivity contribution in [2.75, 3.05) is 27.2 Å². The number of likely N-dealkylation sites (tertiary alicyclic amines) is 1. The van der Waals surface area contributed by atoms with E-state index in [0.29, 0.717) is 30.6 Å². The van der Waals surface area contributed by atoms with Crippen LogP contribution in [0.4, 0.5) is 0 Å². The van der Waals surface area contributed by atoms with Crippen LogP contribution < -0.4 is 0 Å². The van der Waals surface area contributed by atoms with Gasteiger partial charge < -0.3 is 14.9 Å². The highest BCUT2D eigenvalue weighted by Gasteiger charge is 2.45. The molecule has 134 valence electrons. The third-order valence-electron chi connectivity index (χ3n) is 5.13. The van der Waals surface area contributed by atoms with Gasteiger partial charge in [-0.25, -0.2) is 0 Å². The van der Waals surface area contributed by atoms with Gasteiger partial charge >= 0.3 is 0 Å². The SMILES string of the molecule is CN(C)[C@@H]1CN(C(=O)c2cccc(C#N)c2)CC[C@]1(O)c1ccccc1. The van der Waals surface area contributed by atoms with Gasteiger partial charge in [-0.15, -0.1) is 0 Å². The van der Waals surface area contributed by atoms with Crippen LogP contribution in [-0.2, 0) is 5.60 Å². The lowest BCUT2D eigenvalue weighted by molar-refractivity contribution is -0.0810. The Labute approximate surface area is 154 Å². The van der Waals surface area contributed by atoms with E-state index in [4.69, 9.17) is 5.26 Å². The summed E-state index contributed by atoms with van der Waals surface area (Å²) in [6, 6.07) is 18.2. The summed E-state index contributed by atoms with van der Waals surface area (Å²) in [5, 5.41) is 20.5. The zero-order valence-electron chi connectivity index (χ0n) is 15.1. The molecule has 2 aromatic carbocycles. The zero-order chi connectivity index (χ0) is 18.7. The van der Waals surface area contributed by atoms with E-state index in [9.17, 15) is 9.90 Å². The summed E-state index contributed by atoms with van der Waals surface area (Å²) in [6.07, 6.45) is 0.462. The monoisotopic (exact) mass is 349 g/mol. The molecule has 0 radical (unpaired) electrons. The molecule has 2 atom stereocenters. The van der Waals surface area contributed by atoms with Crippen molar-refractivity contribution in [3.63, 3.8) is 0 Å². The average molecular weight is 349 g/mol. The molecule has 1 saturated heterocycles. The van der Waals surface area contributed by atoms with Gasteiger partial charge in [0.2, 0.25) is 0 Å². The number of likely N-dealkylation sites (N-methyl/N-ethyl adjacent to an activating group) is 1. The summed E-state index contributed by atoms with van der Waals surface area (Å²) >= 11 is 0. The van der Waals surface area contributed by atoms with E-state index in [1.165, 1.54) is 0 Å². The molecule has 0 spiro atoms. The fourth-order valence-electron chi connectivity index (χ4n) is 3.67. The first-order chi connectivity index (χ1) is 12.5. The molecule has 0 aromatic heterocycles. The number of rotatable bonds is 3. The van der Waals surface area contributed by atoms with Gasteiger partial charge in [0.25, 0.3) is 5.91 Å². The first kappa shape index (κ1) is 18.1. The van der Waals surface area contributed by atoms with E-state index in [2.05, 4.69) is 6.07 Å². The topological polar surface area (TPSA) is 67.6 Å². The number of nitriles is 1. The molecule has 0 saturated carbocycles. The number of nitrogens with zero attached hydrogens (tertiary/aromatic N) is 3. The molecule has 0 bridgehead atoms. The maximum atomic E-state index is 12.9. The number of aliphatic hydroxyl groups is 1. The van der Waals surface area contributed by atoms with Crippen molar-refractivity contribution >= 4 is 5.91 Å². The average Bonchev–Trinajstić information content (AvgIpc) is 2.68. The molecular weight excluding hydrogens is 326 g/mol. The maximum Gasteiger partial charge on any atom is 0.253 e. The summed E-state index contributed by atoms with van der Waals surface area (Å²) < 4.78 is 0. The standard InChI is InChI=1S/C21H23N3O2/c1-23(2)19-15-24(20(25)17-8-6-7-16(13-17)14-22)12-11-21(19,26)18-9-4-3-5-10-18/h3-10,13,19,26H,11-12,15H2,1-2H3/t19-,21+/m1/s1. The highest BCUT2D eigenvalue weighted by Crippen LogP contribution is 2.35. The zero-order valence-corrected chi connectivity index (χ0v) is 15.1. The maximum absolute atomic E-state index is 12.9. The Morgan fingerprint density at radius 1 is 1.23 bits per heavy atom. The molecule has 1 N–H and O–H groups in total. The second kappa shape index (κ2) is 7.28. The quantitative estimate of drug-likeness (QED) is 0.923. The van der Waals surface area contributed by atoms with Crippen LogP contribution in [-0.4, -0.2) is 54.0 Å². The largest absolute Gasteiger partial charge is 0.383 e. The van der Waals surface area contributed by atoms with Crippen molar-refractivity contribution in [2.24, 2.45) is 0 Å². The minimum atomic E-state index is -1.00. The summed E-state index contributed by atoms with van der Waals surface area (Å²) in [7, 11) is 3.84. The number of piperidine rings is 1. The van der Waals surface area contributed by atoms with E-state index in [1.54, 1.807) is 29.2 Å². The normalized spacial score (nSPS) is 22.9. The minimum Gasteiger partial charge on any atom is -0.383 e. The number of hydrogen-bond donors (Lipinski definition) is 1. The van der Waals surface area contributed by atoms with Crippen molar-refractivity contribution in [1.29, 1.82) is 5.26 Å². The molecule has 0 aliphatic carbocycles. The summed E-state index contributed by atoms with van der Waals surface area (Å²) in [5.74, 6) is -0.107. The summed E-state index contributed by atoms with van der Waals surface area (Å²) in [4.78, 5) is 16.6. The lowest BCUT2D eigenvalue weighted by Gasteiger charge is -2.47. The Balaban J connectivity index is 1.86. The number of carbonyl (C=O) groups excluding carboxylic acids is 1. The van der Waals surface area contributed by atoms with Crippen LogP contribution >= 0.6 is 0 Å². The first-order valence-electron chi connectivity index (χ1n) is 8.69. The molecule has 2 aromatic rings. The molecule has 1 fully saturated rings. The van der Waals surface area contributed by atoms with Crippen LogP contribution in [0.15, 0.2) is 54.6 Å². The Morgan fingerprint density at radius 2 is 1.96 bits per heavy atom. The molecule has 5 nitrogen and oxygen atoms in total. The van der Waals surface area contributed by atoms with Crippen LogP contribution in [0.25, 0.3) is 0 Å².